The summed E-state index contributed by atoms with van der Waals surface area (Å²) >= 11 is 13.7. The number of hydrogen-bond acceptors (Lipinski definition) is 2. The highest BCUT2D eigenvalue weighted by molar-refractivity contribution is 8.00. The predicted octanol–water partition coefficient (Wildman–Crippen LogP) is 4.18. The predicted molar refractivity (Wildman–Crippen MR) is 65.9 cm³/mol. The summed E-state index contributed by atoms with van der Waals surface area (Å²) in [5, 5.41) is 1.11. The fourth-order valence-electron chi connectivity index (χ4n) is 1.52. The summed E-state index contributed by atoms with van der Waals surface area (Å²) in [6.07, 6.45) is 2.20. The van der Waals surface area contributed by atoms with Gasteiger partial charge in [0, 0.05) is 21.8 Å². The van der Waals surface area contributed by atoms with Gasteiger partial charge in [-0.25, -0.2) is 0 Å². The zero-order valence-electron chi connectivity index (χ0n) is 8.16. The average Bonchev–Trinajstić information content (AvgIpc) is 2.25. The van der Waals surface area contributed by atoms with Crippen molar-refractivity contribution < 1.29 is 4.74 Å². The van der Waals surface area contributed by atoms with Crippen LogP contribution in [0.2, 0.25) is 5.02 Å². The maximum atomic E-state index is 6.09. The second-order valence-electron chi connectivity index (χ2n) is 3.47. The number of alkyl halides is 1. The van der Waals surface area contributed by atoms with Crippen LogP contribution in [-0.2, 0) is 4.74 Å². The molecule has 1 aliphatic rings. The smallest absolute Gasteiger partial charge is 0.143 e. The number of hydrogen-bond donors (Lipinski definition) is 0. The SMILES string of the molecule is Clc1ccc(SC2CCCOC2Cl)cc1. The van der Waals surface area contributed by atoms with E-state index in [-0.39, 0.29) is 5.56 Å². The van der Waals surface area contributed by atoms with E-state index in [9.17, 15) is 0 Å². The van der Waals surface area contributed by atoms with Crippen LogP contribution < -0.4 is 0 Å². The summed E-state index contributed by atoms with van der Waals surface area (Å²) in [6.45, 7) is 0.784. The molecule has 0 saturated carbocycles. The Kier molecular flexibility index (Phi) is 4.21. The molecule has 15 heavy (non-hydrogen) atoms. The fourth-order valence-corrected chi connectivity index (χ4v) is 3.13. The van der Waals surface area contributed by atoms with Crippen LogP contribution in [0.1, 0.15) is 12.8 Å². The highest BCUT2D eigenvalue weighted by atomic mass is 35.5. The number of halogens is 2. The molecule has 2 atom stereocenters. The molecule has 0 spiro atoms. The van der Waals surface area contributed by atoms with Crippen molar-refractivity contribution in [2.75, 3.05) is 6.61 Å². The van der Waals surface area contributed by atoms with Crippen LogP contribution in [0.5, 0.6) is 0 Å². The van der Waals surface area contributed by atoms with E-state index in [0.29, 0.717) is 5.25 Å². The topological polar surface area (TPSA) is 9.23 Å². The van der Waals surface area contributed by atoms with E-state index in [4.69, 9.17) is 27.9 Å². The highest BCUT2D eigenvalue weighted by Crippen LogP contribution is 2.34. The van der Waals surface area contributed by atoms with Gasteiger partial charge in [-0.3, -0.25) is 0 Å². The van der Waals surface area contributed by atoms with Crippen molar-refractivity contribution in [2.45, 2.75) is 28.6 Å². The quantitative estimate of drug-likeness (QED) is 0.740. The van der Waals surface area contributed by atoms with Gasteiger partial charge >= 0.3 is 0 Å². The van der Waals surface area contributed by atoms with E-state index in [1.807, 2.05) is 24.3 Å². The second-order valence-corrected chi connectivity index (χ2v) is 5.65. The molecular formula is C11H12Cl2OS. The summed E-state index contributed by atoms with van der Waals surface area (Å²) in [4.78, 5) is 1.19. The van der Waals surface area contributed by atoms with Crippen molar-refractivity contribution in [3.63, 3.8) is 0 Å². The molecule has 0 aromatic heterocycles. The van der Waals surface area contributed by atoms with Crippen LogP contribution in [0.4, 0.5) is 0 Å². The molecule has 1 aliphatic heterocycles. The van der Waals surface area contributed by atoms with Crippen molar-refractivity contribution in [1.82, 2.24) is 0 Å². The Labute approximate surface area is 104 Å². The zero-order chi connectivity index (χ0) is 10.7. The molecule has 0 radical (unpaired) electrons. The van der Waals surface area contributed by atoms with Crippen LogP contribution in [0.25, 0.3) is 0 Å². The first kappa shape index (κ1) is 11.6. The minimum absolute atomic E-state index is 0.167. The molecule has 4 heteroatoms. The minimum Gasteiger partial charge on any atom is -0.361 e. The Morgan fingerprint density at radius 3 is 2.67 bits per heavy atom. The molecule has 0 aliphatic carbocycles. The van der Waals surface area contributed by atoms with Gasteiger partial charge in [0.05, 0.1) is 0 Å². The third kappa shape index (κ3) is 3.28. The first-order valence-electron chi connectivity index (χ1n) is 4.93. The van der Waals surface area contributed by atoms with Gasteiger partial charge in [0.25, 0.3) is 0 Å². The van der Waals surface area contributed by atoms with Gasteiger partial charge < -0.3 is 4.74 Å². The van der Waals surface area contributed by atoms with Gasteiger partial charge in [-0.1, -0.05) is 23.2 Å². The van der Waals surface area contributed by atoms with Crippen LogP contribution in [0.3, 0.4) is 0 Å². The van der Waals surface area contributed by atoms with Gasteiger partial charge in [0.1, 0.15) is 5.56 Å². The number of rotatable bonds is 2. The van der Waals surface area contributed by atoms with E-state index in [2.05, 4.69) is 0 Å². The summed E-state index contributed by atoms with van der Waals surface area (Å²) in [7, 11) is 0. The highest BCUT2D eigenvalue weighted by Gasteiger charge is 2.24. The van der Waals surface area contributed by atoms with Crippen molar-refractivity contribution in [3.05, 3.63) is 29.3 Å². The van der Waals surface area contributed by atoms with E-state index < -0.39 is 0 Å². The molecule has 1 fully saturated rings. The number of thioether (sulfide) groups is 1. The maximum absolute atomic E-state index is 6.09. The summed E-state index contributed by atoms with van der Waals surface area (Å²) in [6, 6.07) is 7.84. The van der Waals surface area contributed by atoms with E-state index in [0.717, 1.165) is 24.5 Å². The molecule has 0 bridgehead atoms. The lowest BCUT2D eigenvalue weighted by molar-refractivity contribution is 0.0728. The molecule has 1 heterocycles. The monoisotopic (exact) mass is 262 g/mol. The van der Waals surface area contributed by atoms with Crippen LogP contribution in [0.15, 0.2) is 29.2 Å². The van der Waals surface area contributed by atoms with Crippen LogP contribution >= 0.6 is 35.0 Å². The first-order chi connectivity index (χ1) is 7.25. The lowest BCUT2D eigenvalue weighted by Gasteiger charge is -2.26. The zero-order valence-corrected chi connectivity index (χ0v) is 10.5. The maximum Gasteiger partial charge on any atom is 0.143 e. The van der Waals surface area contributed by atoms with Gasteiger partial charge in [0.15, 0.2) is 0 Å². The van der Waals surface area contributed by atoms with Crippen molar-refractivity contribution in [3.8, 4) is 0 Å². The molecule has 1 saturated heterocycles. The molecule has 1 aromatic rings. The normalized spacial score (nSPS) is 26.5. The number of benzene rings is 1. The van der Waals surface area contributed by atoms with Gasteiger partial charge in [-0.05, 0) is 37.1 Å². The van der Waals surface area contributed by atoms with Crippen molar-refractivity contribution in [2.24, 2.45) is 0 Å². The van der Waals surface area contributed by atoms with Crippen LogP contribution in [0, 0.1) is 0 Å². The molecule has 1 nitrogen and oxygen atoms in total. The fraction of sp³-hybridized carbons (Fsp3) is 0.455. The summed E-state index contributed by atoms with van der Waals surface area (Å²) in [5.74, 6) is 0. The lowest BCUT2D eigenvalue weighted by Crippen LogP contribution is -2.26. The first-order valence-corrected chi connectivity index (χ1v) is 6.63. The largest absolute Gasteiger partial charge is 0.361 e. The average molecular weight is 263 g/mol. The standard InChI is InChI=1S/C11H12Cl2OS/c12-8-3-5-9(6-4-8)15-10-2-1-7-14-11(10)13/h3-6,10-11H,1-2,7H2. The van der Waals surface area contributed by atoms with E-state index in [1.54, 1.807) is 11.8 Å². The Bertz CT molecular complexity index is 315. The summed E-state index contributed by atoms with van der Waals surface area (Å²) in [5.41, 5.74) is -0.167. The van der Waals surface area contributed by atoms with E-state index >= 15 is 0 Å². The van der Waals surface area contributed by atoms with Gasteiger partial charge in [-0.2, -0.15) is 0 Å². The number of ether oxygens (including phenoxy) is 1. The molecule has 1 aromatic carbocycles. The van der Waals surface area contributed by atoms with Gasteiger partial charge in [-0.15, -0.1) is 11.8 Å². The molecule has 2 rings (SSSR count). The Morgan fingerprint density at radius 1 is 1.27 bits per heavy atom. The Morgan fingerprint density at radius 2 is 2.00 bits per heavy atom. The van der Waals surface area contributed by atoms with Crippen molar-refractivity contribution >= 4 is 35.0 Å². The van der Waals surface area contributed by atoms with Crippen LogP contribution in [-0.4, -0.2) is 17.4 Å². The van der Waals surface area contributed by atoms with Crippen molar-refractivity contribution in [1.29, 1.82) is 0 Å². The van der Waals surface area contributed by atoms with E-state index in [1.165, 1.54) is 4.90 Å². The molecule has 0 amide bonds. The molecular weight excluding hydrogens is 251 g/mol. The molecule has 2 unspecified atom stereocenters. The molecule has 0 N–H and O–H groups in total. The second kappa shape index (κ2) is 5.44. The Balaban J connectivity index is 1.98. The lowest BCUT2D eigenvalue weighted by atomic mass is 10.2. The van der Waals surface area contributed by atoms with Gasteiger partial charge in [0.2, 0.25) is 0 Å². The summed E-state index contributed by atoms with van der Waals surface area (Å²) < 4.78 is 5.40. The minimum atomic E-state index is -0.167. The molecule has 82 valence electrons. The Hall–Kier alpha value is 0.110. The third-order valence-electron chi connectivity index (χ3n) is 2.30. The third-order valence-corrected chi connectivity index (χ3v) is 4.46.